The maximum atomic E-state index is 12.3. The van der Waals surface area contributed by atoms with E-state index in [1.165, 1.54) is 23.9 Å². The predicted molar refractivity (Wildman–Crippen MR) is 93.2 cm³/mol. The topological polar surface area (TPSA) is 102 Å². The summed E-state index contributed by atoms with van der Waals surface area (Å²) in [6.45, 7) is 2.05. The number of carbonyl (C=O) groups is 1. The number of nitrogens with zero attached hydrogens (tertiary/aromatic N) is 4. The van der Waals surface area contributed by atoms with Crippen LogP contribution in [0.2, 0.25) is 0 Å². The van der Waals surface area contributed by atoms with Crippen molar-refractivity contribution in [2.24, 2.45) is 0 Å². The van der Waals surface area contributed by atoms with Crippen LogP contribution in [0.3, 0.4) is 0 Å². The number of thioether (sulfide) groups is 1. The van der Waals surface area contributed by atoms with Gasteiger partial charge in [-0.05, 0) is 31.2 Å². The fourth-order valence-corrected chi connectivity index (χ4v) is 3.12. The van der Waals surface area contributed by atoms with E-state index in [9.17, 15) is 14.9 Å². The Kier molecular flexibility index (Phi) is 4.94. The van der Waals surface area contributed by atoms with Crippen LogP contribution in [-0.4, -0.2) is 30.7 Å². The van der Waals surface area contributed by atoms with Crippen LogP contribution in [-0.2, 0) is 11.3 Å². The summed E-state index contributed by atoms with van der Waals surface area (Å²) < 4.78 is 1.81. The minimum absolute atomic E-state index is 0.0279. The number of nitro groups is 1. The van der Waals surface area contributed by atoms with Gasteiger partial charge in [0.05, 0.1) is 16.7 Å². The molecule has 1 unspecified atom stereocenters. The summed E-state index contributed by atoms with van der Waals surface area (Å²) in [5.41, 5.74) is 0.750. The monoisotopic (exact) mass is 357 g/mol. The Morgan fingerprint density at radius 1 is 1.28 bits per heavy atom. The van der Waals surface area contributed by atoms with Gasteiger partial charge in [0.1, 0.15) is 0 Å². The lowest BCUT2D eigenvalue weighted by molar-refractivity contribution is -0.384. The molecule has 1 aromatic carbocycles. The molecular weight excluding hydrogens is 342 g/mol. The highest BCUT2D eigenvalue weighted by Gasteiger charge is 2.16. The number of fused-ring (bicyclic) bond motifs is 1. The lowest BCUT2D eigenvalue weighted by Crippen LogP contribution is -2.31. The van der Waals surface area contributed by atoms with E-state index in [4.69, 9.17) is 0 Å². The molecule has 3 aromatic rings. The number of aromatic nitrogens is 3. The normalized spacial score (nSPS) is 12.0. The van der Waals surface area contributed by atoms with Crippen LogP contribution in [0.15, 0.2) is 53.6 Å². The Morgan fingerprint density at radius 2 is 2.04 bits per heavy atom. The van der Waals surface area contributed by atoms with Crippen LogP contribution < -0.4 is 5.32 Å². The van der Waals surface area contributed by atoms with Gasteiger partial charge in [0, 0.05) is 23.2 Å². The van der Waals surface area contributed by atoms with Crippen molar-refractivity contribution in [3.63, 3.8) is 0 Å². The average molecular weight is 357 g/mol. The number of rotatable bonds is 6. The number of hydrogen-bond acceptors (Lipinski definition) is 6. The quantitative estimate of drug-likeness (QED) is 0.413. The Morgan fingerprint density at radius 3 is 2.76 bits per heavy atom. The highest BCUT2D eigenvalue weighted by atomic mass is 32.2. The molecule has 128 valence electrons. The third-order valence-electron chi connectivity index (χ3n) is 3.53. The van der Waals surface area contributed by atoms with Crippen LogP contribution in [0.4, 0.5) is 5.69 Å². The minimum atomic E-state index is -0.451. The highest BCUT2D eigenvalue weighted by molar-refractivity contribution is 8.00. The second-order valence-electron chi connectivity index (χ2n) is 5.27. The van der Waals surface area contributed by atoms with E-state index in [1.54, 1.807) is 19.1 Å². The van der Waals surface area contributed by atoms with Crippen molar-refractivity contribution >= 4 is 29.0 Å². The molecule has 0 saturated heterocycles. The zero-order valence-corrected chi connectivity index (χ0v) is 14.1. The van der Waals surface area contributed by atoms with Crippen molar-refractivity contribution in [3.8, 4) is 0 Å². The summed E-state index contributed by atoms with van der Waals surface area (Å²) in [7, 11) is 0. The number of nitrogens with one attached hydrogen (secondary N) is 1. The SMILES string of the molecule is CC(Sc1ccc([N+](=O)[O-])cc1)C(=O)NCc1nnc2ccccn12. The fraction of sp³-hybridized carbons (Fsp3) is 0.188. The molecule has 0 aliphatic heterocycles. The maximum Gasteiger partial charge on any atom is 0.269 e. The van der Waals surface area contributed by atoms with Gasteiger partial charge in [0.15, 0.2) is 11.5 Å². The Labute approximate surface area is 147 Å². The van der Waals surface area contributed by atoms with Gasteiger partial charge in [-0.1, -0.05) is 6.07 Å². The molecule has 2 heterocycles. The lowest BCUT2D eigenvalue weighted by atomic mass is 10.3. The van der Waals surface area contributed by atoms with Crippen LogP contribution in [0.25, 0.3) is 5.65 Å². The van der Waals surface area contributed by atoms with Crippen molar-refractivity contribution in [2.45, 2.75) is 23.6 Å². The van der Waals surface area contributed by atoms with Crippen molar-refractivity contribution < 1.29 is 9.72 Å². The van der Waals surface area contributed by atoms with Crippen LogP contribution in [0.5, 0.6) is 0 Å². The molecule has 0 radical (unpaired) electrons. The molecule has 1 atom stereocenters. The van der Waals surface area contributed by atoms with Crippen molar-refractivity contribution in [1.29, 1.82) is 0 Å². The number of benzene rings is 1. The first-order valence-corrected chi connectivity index (χ1v) is 8.40. The molecule has 0 bridgehead atoms. The first-order valence-electron chi connectivity index (χ1n) is 7.52. The van der Waals surface area contributed by atoms with E-state index < -0.39 is 4.92 Å². The Bertz CT molecular complexity index is 910. The van der Waals surface area contributed by atoms with Gasteiger partial charge in [-0.3, -0.25) is 19.3 Å². The standard InChI is InChI=1S/C16H15N5O3S/c1-11(25-13-7-5-12(6-8-13)21(23)24)16(22)17-10-15-19-18-14-4-2-3-9-20(14)15/h2-9,11H,10H2,1H3,(H,17,22). The van der Waals surface area contributed by atoms with E-state index >= 15 is 0 Å². The average Bonchev–Trinajstić information content (AvgIpc) is 3.03. The number of carbonyl (C=O) groups excluding carboxylic acids is 1. The third-order valence-corrected chi connectivity index (χ3v) is 4.65. The van der Waals surface area contributed by atoms with Gasteiger partial charge in [0.25, 0.3) is 5.69 Å². The van der Waals surface area contributed by atoms with Crippen molar-refractivity contribution in [1.82, 2.24) is 19.9 Å². The van der Waals surface area contributed by atoms with Crippen molar-refractivity contribution in [2.75, 3.05) is 0 Å². The zero-order valence-electron chi connectivity index (χ0n) is 13.3. The molecule has 2 aromatic heterocycles. The second kappa shape index (κ2) is 7.31. The zero-order chi connectivity index (χ0) is 17.8. The molecule has 0 aliphatic carbocycles. The molecule has 8 nitrogen and oxygen atoms in total. The molecule has 25 heavy (non-hydrogen) atoms. The largest absolute Gasteiger partial charge is 0.348 e. The summed E-state index contributed by atoms with van der Waals surface area (Å²) >= 11 is 1.34. The first kappa shape index (κ1) is 16.9. The molecule has 9 heteroatoms. The molecular formula is C16H15N5O3S. The van der Waals surface area contributed by atoms with Gasteiger partial charge >= 0.3 is 0 Å². The summed E-state index contributed by atoms with van der Waals surface area (Å²) in [6, 6.07) is 11.7. The first-order chi connectivity index (χ1) is 12.0. The van der Waals surface area contributed by atoms with Gasteiger partial charge in [-0.2, -0.15) is 0 Å². The van der Waals surface area contributed by atoms with Gasteiger partial charge in [-0.15, -0.1) is 22.0 Å². The number of nitro benzene ring substituents is 1. The molecule has 1 N–H and O–H groups in total. The number of amides is 1. The minimum Gasteiger partial charge on any atom is -0.348 e. The van der Waals surface area contributed by atoms with Gasteiger partial charge in [-0.25, -0.2) is 0 Å². The lowest BCUT2D eigenvalue weighted by Gasteiger charge is -2.11. The Balaban J connectivity index is 1.58. The number of hydrogen-bond donors (Lipinski definition) is 1. The van der Waals surface area contributed by atoms with E-state index in [1.807, 2.05) is 28.8 Å². The van der Waals surface area contributed by atoms with E-state index in [0.717, 1.165) is 10.5 Å². The molecule has 0 saturated carbocycles. The van der Waals surface area contributed by atoms with Crippen LogP contribution in [0.1, 0.15) is 12.7 Å². The molecule has 3 rings (SSSR count). The van der Waals surface area contributed by atoms with Gasteiger partial charge < -0.3 is 5.32 Å². The van der Waals surface area contributed by atoms with E-state index in [2.05, 4.69) is 15.5 Å². The van der Waals surface area contributed by atoms with Crippen molar-refractivity contribution in [3.05, 3.63) is 64.6 Å². The summed E-state index contributed by atoms with van der Waals surface area (Å²) in [5, 5.41) is 21.2. The predicted octanol–water partition coefficient (Wildman–Crippen LogP) is 2.43. The summed E-state index contributed by atoms with van der Waals surface area (Å²) in [6.07, 6.45) is 1.84. The molecule has 0 aliphatic rings. The Hall–Kier alpha value is -2.94. The summed E-state index contributed by atoms with van der Waals surface area (Å²) in [5.74, 6) is 0.507. The highest BCUT2D eigenvalue weighted by Crippen LogP contribution is 2.25. The smallest absolute Gasteiger partial charge is 0.269 e. The molecule has 0 fully saturated rings. The maximum absolute atomic E-state index is 12.3. The third kappa shape index (κ3) is 3.94. The fourth-order valence-electron chi connectivity index (χ4n) is 2.23. The van der Waals surface area contributed by atoms with E-state index in [-0.39, 0.29) is 23.4 Å². The second-order valence-corrected chi connectivity index (χ2v) is 6.69. The molecule has 0 spiro atoms. The molecule has 1 amide bonds. The number of non-ortho nitro benzene ring substituents is 1. The van der Waals surface area contributed by atoms with Crippen LogP contribution in [0, 0.1) is 10.1 Å². The van der Waals surface area contributed by atoms with Gasteiger partial charge in [0.2, 0.25) is 5.91 Å². The van der Waals surface area contributed by atoms with Crippen LogP contribution >= 0.6 is 11.8 Å². The van der Waals surface area contributed by atoms with E-state index in [0.29, 0.717) is 5.82 Å². The summed E-state index contributed by atoms with van der Waals surface area (Å²) in [4.78, 5) is 23.3. The number of pyridine rings is 1.